The first kappa shape index (κ1) is 23.7. The number of hydrogen-bond acceptors (Lipinski definition) is 4. The fourth-order valence-electron chi connectivity index (χ4n) is 3.16. The number of hydrazone groups is 1. The molecule has 0 aliphatic rings. The van der Waals surface area contributed by atoms with Crippen molar-refractivity contribution in [3.8, 4) is 11.5 Å². The lowest BCUT2D eigenvalue weighted by atomic mass is 10.1. The van der Waals surface area contributed by atoms with Gasteiger partial charge in [-0.3, -0.25) is 4.79 Å². The molecule has 0 saturated heterocycles. The van der Waals surface area contributed by atoms with Crippen LogP contribution >= 0.6 is 54.5 Å². The van der Waals surface area contributed by atoms with Gasteiger partial charge in [-0.05, 0) is 113 Å². The highest BCUT2D eigenvalue weighted by molar-refractivity contribution is 14.1. The topological polar surface area (TPSA) is 70.9 Å². The van der Waals surface area contributed by atoms with Crippen LogP contribution in [0, 0.1) is 3.57 Å². The van der Waals surface area contributed by atoms with Gasteiger partial charge < -0.3 is 9.84 Å². The molecule has 8 heteroatoms. The van der Waals surface area contributed by atoms with E-state index in [0.717, 1.165) is 30.8 Å². The summed E-state index contributed by atoms with van der Waals surface area (Å²) >= 11 is 9.34. The van der Waals surface area contributed by atoms with E-state index in [2.05, 4.69) is 65.0 Å². The number of rotatable bonds is 6. The Balaban J connectivity index is 1.43. The molecule has 0 heterocycles. The first-order valence-corrected chi connectivity index (χ1v) is 12.5. The van der Waals surface area contributed by atoms with Crippen LogP contribution in [0.1, 0.15) is 21.5 Å². The smallest absolute Gasteiger partial charge is 0.275 e. The number of amides is 1. The Morgan fingerprint density at radius 1 is 1.00 bits per heavy atom. The predicted molar refractivity (Wildman–Crippen MR) is 146 cm³/mol. The van der Waals surface area contributed by atoms with Gasteiger partial charge >= 0.3 is 0 Å². The second-order valence-corrected chi connectivity index (χ2v) is 10.1. The van der Waals surface area contributed by atoms with Crippen molar-refractivity contribution in [3.05, 3.63) is 102 Å². The molecule has 4 aromatic carbocycles. The molecule has 0 radical (unpaired) electrons. The Morgan fingerprint density at radius 3 is 2.30 bits per heavy atom. The summed E-state index contributed by atoms with van der Waals surface area (Å²) in [5.74, 6) is 0.0856. The summed E-state index contributed by atoms with van der Waals surface area (Å²) in [6, 6.07) is 22.5. The van der Waals surface area contributed by atoms with Crippen molar-refractivity contribution >= 4 is 77.3 Å². The van der Waals surface area contributed by atoms with Crippen LogP contribution in [-0.4, -0.2) is 17.2 Å². The van der Waals surface area contributed by atoms with E-state index in [1.165, 1.54) is 9.78 Å². The van der Waals surface area contributed by atoms with Crippen molar-refractivity contribution < 1.29 is 14.6 Å². The molecule has 33 heavy (non-hydrogen) atoms. The molecule has 0 spiro atoms. The minimum Gasteiger partial charge on any atom is -0.507 e. The van der Waals surface area contributed by atoms with Crippen molar-refractivity contribution in [3.63, 3.8) is 0 Å². The zero-order chi connectivity index (χ0) is 23.4. The Bertz CT molecular complexity index is 1330. The number of halogens is 3. The second-order valence-electron chi connectivity index (χ2n) is 7.14. The number of carbonyl (C=O) groups excluding carboxylic acids is 1. The Morgan fingerprint density at radius 2 is 1.64 bits per heavy atom. The molecule has 0 atom stereocenters. The lowest BCUT2D eigenvalue weighted by Crippen LogP contribution is -2.17. The number of hydrogen-bond donors (Lipinski definition) is 2. The minimum atomic E-state index is -0.495. The number of nitrogens with one attached hydrogen (secondary N) is 1. The Kier molecular flexibility index (Phi) is 7.67. The van der Waals surface area contributed by atoms with Gasteiger partial charge in [0, 0.05) is 3.57 Å². The van der Waals surface area contributed by atoms with Crippen LogP contribution in [0.4, 0.5) is 0 Å². The van der Waals surface area contributed by atoms with Crippen LogP contribution in [-0.2, 0) is 6.61 Å². The first-order valence-electron chi connectivity index (χ1n) is 9.82. The summed E-state index contributed by atoms with van der Waals surface area (Å²) in [5, 5.41) is 16.0. The summed E-state index contributed by atoms with van der Waals surface area (Å²) < 4.78 is 8.63. The molecule has 1 amide bonds. The number of carbonyl (C=O) groups is 1. The number of benzene rings is 4. The second kappa shape index (κ2) is 10.7. The maximum absolute atomic E-state index is 12.5. The maximum atomic E-state index is 12.5. The Labute approximate surface area is 221 Å². The van der Waals surface area contributed by atoms with Crippen molar-refractivity contribution in [2.75, 3.05) is 0 Å². The monoisotopic (exact) mass is 678 g/mol. The SMILES string of the molecule is O=C(NN=Cc1cc(Br)c(OCc2ccc(I)cc2)c(Br)c1)c1cc2ccccc2cc1O. The molecule has 2 N–H and O–H groups in total. The zero-order valence-electron chi connectivity index (χ0n) is 17.1. The third-order valence-electron chi connectivity index (χ3n) is 4.81. The van der Waals surface area contributed by atoms with Crippen molar-refractivity contribution in [2.45, 2.75) is 6.61 Å². The molecule has 4 rings (SSSR count). The van der Waals surface area contributed by atoms with E-state index < -0.39 is 5.91 Å². The van der Waals surface area contributed by atoms with Crippen LogP contribution in [0.25, 0.3) is 10.8 Å². The molecular formula is C25H17Br2IN2O3. The lowest BCUT2D eigenvalue weighted by molar-refractivity contribution is 0.0952. The minimum absolute atomic E-state index is 0.0958. The molecule has 0 saturated carbocycles. The molecule has 4 aromatic rings. The predicted octanol–water partition coefficient (Wildman–Crippen LogP) is 7.02. The summed E-state index contributed by atoms with van der Waals surface area (Å²) in [6.45, 7) is 0.437. The summed E-state index contributed by atoms with van der Waals surface area (Å²) in [6.07, 6.45) is 1.52. The van der Waals surface area contributed by atoms with Gasteiger partial charge in [-0.25, -0.2) is 5.43 Å². The highest BCUT2D eigenvalue weighted by atomic mass is 127. The van der Waals surface area contributed by atoms with Gasteiger partial charge in [-0.1, -0.05) is 36.4 Å². The third kappa shape index (κ3) is 5.93. The third-order valence-corrected chi connectivity index (χ3v) is 6.70. The van der Waals surface area contributed by atoms with E-state index in [4.69, 9.17) is 4.74 Å². The molecule has 0 bridgehead atoms. The molecule has 0 aliphatic heterocycles. The van der Waals surface area contributed by atoms with Gasteiger partial charge in [0.25, 0.3) is 5.91 Å². The van der Waals surface area contributed by atoms with Crippen molar-refractivity contribution in [1.82, 2.24) is 5.43 Å². The van der Waals surface area contributed by atoms with Gasteiger partial charge in [0.05, 0.1) is 20.7 Å². The lowest BCUT2D eigenvalue weighted by Gasteiger charge is -2.11. The van der Waals surface area contributed by atoms with E-state index in [1.807, 2.05) is 60.7 Å². The summed E-state index contributed by atoms with van der Waals surface area (Å²) in [5.41, 5.74) is 4.44. The van der Waals surface area contributed by atoms with Gasteiger partial charge in [0.15, 0.2) is 0 Å². The summed E-state index contributed by atoms with van der Waals surface area (Å²) in [7, 11) is 0. The van der Waals surface area contributed by atoms with E-state index in [0.29, 0.717) is 12.4 Å². The van der Waals surface area contributed by atoms with E-state index in [1.54, 1.807) is 12.1 Å². The van der Waals surface area contributed by atoms with Gasteiger partial charge in [-0.2, -0.15) is 5.10 Å². The van der Waals surface area contributed by atoms with E-state index >= 15 is 0 Å². The first-order chi connectivity index (χ1) is 15.9. The van der Waals surface area contributed by atoms with E-state index in [-0.39, 0.29) is 11.3 Å². The maximum Gasteiger partial charge on any atom is 0.275 e. The fourth-order valence-corrected chi connectivity index (χ4v) is 4.97. The number of phenols is 1. The average molecular weight is 680 g/mol. The normalized spacial score (nSPS) is 11.1. The molecule has 5 nitrogen and oxygen atoms in total. The number of fused-ring (bicyclic) bond motifs is 1. The van der Waals surface area contributed by atoms with Crippen LogP contribution in [0.3, 0.4) is 0 Å². The Hall–Kier alpha value is -2.43. The number of aromatic hydroxyl groups is 1. The zero-order valence-corrected chi connectivity index (χ0v) is 22.4. The largest absolute Gasteiger partial charge is 0.507 e. The van der Waals surface area contributed by atoms with Gasteiger partial charge in [-0.15, -0.1) is 0 Å². The highest BCUT2D eigenvalue weighted by Crippen LogP contribution is 2.35. The molecular weight excluding hydrogens is 663 g/mol. The van der Waals surface area contributed by atoms with Crippen molar-refractivity contribution in [1.29, 1.82) is 0 Å². The van der Waals surface area contributed by atoms with Gasteiger partial charge in [0.1, 0.15) is 18.1 Å². The molecule has 166 valence electrons. The average Bonchev–Trinajstić information content (AvgIpc) is 2.79. The van der Waals surface area contributed by atoms with E-state index in [9.17, 15) is 9.90 Å². The summed E-state index contributed by atoms with van der Waals surface area (Å²) in [4.78, 5) is 12.5. The quantitative estimate of drug-likeness (QED) is 0.131. The number of nitrogens with zero attached hydrogens (tertiary/aromatic N) is 1. The standard InChI is InChI=1S/C25H17Br2IN2O3/c26-21-9-16(10-22(27)24(21)33-14-15-5-7-19(28)8-6-15)13-29-30-25(32)20-11-17-3-1-2-4-18(17)12-23(20)31/h1-13,31H,14H2,(H,30,32). The van der Waals surface area contributed by atoms with Crippen LogP contribution in [0.15, 0.2) is 86.8 Å². The highest BCUT2D eigenvalue weighted by Gasteiger charge is 2.12. The molecule has 0 aliphatic carbocycles. The molecule has 0 unspecified atom stereocenters. The van der Waals surface area contributed by atoms with Crippen LogP contribution in [0.2, 0.25) is 0 Å². The van der Waals surface area contributed by atoms with Crippen molar-refractivity contribution in [2.24, 2.45) is 5.10 Å². The molecule has 0 aromatic heterocycles. The van der Waals surface area contributed by atoms with Gasteiger partial charge in [0.2, 0.25) is 0 Å². The van der Waals surface area contributed by atoms with Crippen LogP contribution < -0.4 is 10.2 Å². The molecule has 0 fully saturated rings. The number of ether oxygens (including phenoxy) is 1. The fraction of sp³-hybridized carbons (Fsp3) is 0.0400. The number of phenolic OH excluding ortho intramolecular Hbond substituents is 1. The van der Waals surface area contributed by atoms with Crippen LogP contribution in [0.5, 0.6) is 11.5 Å².